The number of nitriles is 1. The van der Waals surface area contributed by atoms with Gasteiger partial charge in [-0.3, -0.25) is 9.78 Å². The van der Waals surface area contributed by atoms with Crippen molar-refractivity contribution in [3.8, 4) is 11.8 Å². The number of furan rings is 1. The first-order valence-electron chi connectivity index (χ1n) is 8.07. The maximum absolute atomic E-state index is 13.0. The molecule has 2 aromatic heterocycles. The third-order valence-corrected chi connectivity index (χ3v) is 4.84. The van der Waals surface area contributed by atoms with Crippen molar-refractivity contribution in [2.75, 3.05) is 12.4 Å². The largest absolute Gasteiger partial charge is 0.493 e. The number of amides is 1. The van der Waals surface area contributed by atoms with Gasteiger partial charge in [0.2, 0.25) is 0 Å². The fraction of sp³-hybridized carbons (Fsp3) is 0.0500. The molecule has 0 unspecified atom stereocenters. The molecule has 0 saturated heterocycles. The fourth-order valence-electron chi connectivity index (χ4n) is 2.99. The Kier molecular flexibility index (Phi) is 4.55. The lowest BCUT2D eigenvalue weighted by molar-refractivity contribution is 0.102. The van der Waals surface area contributed by atoms with Crippen LogP contribution in [0.25, 0.3) is 21.9 Å². The van der Waals surface area contributed by atoms with Crippen molar-refractivity contribution in [1.82, 2.24) is 4.98 Å². The molecule has 0 bridgehead atoms. The summed E-state index contributed by atoms with van der Waals surface area (Å²) in [5.41, 5.74) is 1.98. The molecule has 4 rings (SSSR count). The fourth-order valence-corrected chi connectivity index (χ4v) is 3.45. The quantitative estimate of drug-likeness (QED) is 0.486. The van der Waals surface area contributed by atoms with Crippen LogP contribution in [0.15, 0.2) is 47.1 Å². The minimum absolute atomic E-state index is 0.217. The number of anilines is 1. The van der Waals surface area contributed by atoms with Crippen LogP contribution in [0.4, 0.5) is 5.69 Å². The van der Waals surface area contributed by atoms with Gasteiger partial charge in [0.25, 0.3) is 5.91 Å². The van der Waals surface area contributed by atoms with Crippen LogP contribution >= 0.6 is 23.2 Å². The van der Waals surface area contributed by atoms with Gasteiger partial charge in [0.1, 0.15) is 5.58 Å². The molecule has 2 heterocycles. The van der Waals surface area contributed by atoms with Gasteiger partial charge in [-0.25, -0.2) is 0 Å². The van der Waals surface area contributed by atoms with E-state index < -0.39 is 5.91 Å². The molecule has 0 aliphatic carbocycles. The number of carbonyl (C=O) groups is 1. The van der Waals surface area contributed by atoms with Crippen molar-refractivity contribution in [2.45, 2.75) is 0 Å². The maximum atomic E-state index is 13.0. The number of ether oxygens (including phenoxy) is 1. The molecule has 8 heteroatoms. The number of halogens is 2. The van der Waals surface area contributed by atoms with Crippen molar-refractivity contribution < 1.29 is 13.9 Å². The normalized spacial score (nSPS) is 10.8. The highest BCUT2D eigenvalue weighted by Gasteiger charge is 2.21. The minimum atomic E-state index is -0.437. The summed E-state index contributed by atoms with van der Waals surface area (Å²) >= 11 is 12.2. The molecule has 4 aromatic rings. The van der Waals surface area contributed by atoms with Gasteiger partial charge in [-0.1, -0.05) is 23.2 Å². The number of nitrogens with zero attached hydrogens (tertiary/aromatic N) is 2. The Bertz CT molecular complexity index is 1270. The summed E-state index contributed by atoms with van der Waals surface area (Å²) in [6.45, 7) is 0. The van der Waals surface area contributed by atoms with Crippen LogP contribution in [-0.2, 0) is 0 Å². The molecule has 1 amide bonds. The van der Waals surface area contributed by atoms with E-state index in [2.05, 4.69) is 16.4 Å². The van der Waals surface area contributed by atoms with E-state index in [4.69, 9.17) is 32.4 Å². The SMILES string of the molecule is COc1ccc(C(=O)Nc2c(Cl)cncc2Cl)c2c1oc1ccc(C#N)cc12. The van der Waals surface area contributed by atoms with Crippen LogP contribution in [0, 0.1) is 11.3 Å². The number of hydrogen-bond acceptors (Lipinski definition) is 5. The van der Waals surface area contributed by atoms with Gasteiger partial charge in [-0.15, -0.1) is 0 Å². The van der Waals surface area contributed by atoms with Crippen molar-refractivity contribution in [3.63, 3.8) is 0 Å². The highest BCUT2D eigenvalue weighted by molar-refractivity contribution is 6.40. The first kappa shape index (κ1) is 18.1. The molecule has 0 fully saturated rings. The molecular weight excluding hydrogens is 401 g/mol. The van der Waals surface area contributed by atoms with Crippen molar-refractivity contribution >= 4 is 56.7 Å². The zero-order valence-electron chi connectivity index (χ0n) is 14.4. The van der Waals surface area contributed by atoms with E-state index in [1.54, 1.807) is 30.3 Å². The molecular formula is C20H11Cl2N3O3. The van der Waals surface area contributed by atoms with Crippen molar-refractivity contribution in [3.05, 3.63) is 63.9 Å². The topological polar surface area (TPSA) is 88.2 Å². The summed E-state index contributed by atoms with van der Waals surface area (Å²) in [6, 6.07) is 10.4. The Morgan fingerprint density at radius 3 is 2.64 bits per heavy atom. The van der Waals surface area contributed by atoms with Crippen LogP contribution in [0.2, 0.25) is 10.0 Å². The predicted molar refractivity (Wildman–Crippen MR) is 107 cm³/mol. The van der Waals surface area contributed by atoms with E-state index in [0.29, 0.717) is 38.8 Å². The Balaban J connectivity index is 1.93. The minimum Gasteiger partial charge on any atom is -0.493 e. The molecule has 0 radical (unpaired) electrons. The summed E-state index contributed by atoms with van der Waals surface area (Å²) in [5.74, 6) is 0.0361. The first-order chi connectivity index (χ1) is 13.5. The Morgan fingerprint density at radius 1 is 1.21 bits per heavy atom. The molecule has 2 aromatic carbocycles. The Hall–Kier alpha value is -3.27. The lowest BCUT2D eigenvalue weighted by Gasteiger charge is -2.10. The average Bonchev–Trinajstić information content (AvgIpc) is 3.08. The number of pyridine rings is 1. The monoisotopic (exact) mass is 411 g/mol. The molecule has 0 aliphatic rings. The van der Waals surface area contributed by atoms with Crippen LogP contribution in [0.5, 0.6) is 5.75 Å². The molecule has 0 spiro atoms. The Labute approximate surface area is 169 Å². The molecule has 0 atom stereocenters. The Morgan fingerprint density at radius 2 is 1.96 bits per heavy atom. The summed E-state index contributed by atoms with van der Waals surface area (Å²) in [7, 11) is 1.51. The van der Waals surface area contributed by atoms with Gasteiger partial charge in [-0.05, 0) is 30.3 Å². The van der Waals surface area contributed by atoms with Gasteiger partial charge in [0, 0.05) is 23.2 Å². The molecule has 6 nitrogen and oxygen atoms in total. The van der Waals surface area contributed by atoms with Crippen LogP contribution in [0.1, 0.15) is 15.9 Å². The van der Waals surface area contributed by atoms with E-state index in [1.165, 1.54) is 19.5 Å². The second-order valence-electron chi connectivity index (χ2n) is 5.88. The van der Waals surface area contributed by atoms with E-state index in [1.807, 2.05) is 0 Å². The van der Waals surface area contributed by atoms with E-state index >= 15 is 0 Å². The van der Waals surface area contributed by atoms with E-state index in [0.717, 1.165) is 0 Å². The third-order valence-electron chi connectivity index (χ3n) is 4.27. The van der Waals surface area contributed by atoms with Crippen molar-refractivity contribution in [1.29, 1.82) is 5.26 Å². The van der Waals surface area contributed by atoms with Gasteiger partial charge < -0.3 is 14.5 Å². The summed E-state index contributed by atoms with van der Waals surface area (Å²) in [5, 5.41) is 13.5. The first-order valence-corrected chi connectivity index (χ1v) is 8.82. The molecule has 28 heavy (non-hydrogen) atoms. The number of benzene rings is 2. The smallest absolute Gasteiger partial charge is 0.256 e. The molecule has 0 saturated carbocycles. The highest BCUT2D eigenvalue weighted by Crippen LogP contribution is 2.38. The van der Waals surface area contributed by atoms with Crippen LogP contribution in [0.3, 0.4) is 0 Å². The number of hydrogen-bond donors (Lipinski definition) is 1. The van der Waals surface area contributed by atoms with E-state index in [9.17, 15) is 10.1 Å². The number of rotatable bonds is 3. The summed E-state index contributed by atoms with van der Waals surface area (Å²) in [4.78, 5) is 16.9. The van der Waals surface area contributed by atoms with Gasteiger partial charge in [0.05, 0.1) is 40.0 Å². The molecule has 138 valence electrons. The average molecular weight is 412 g/mol. The number of fused-ring (bicyclic) bond motifs is 3. The number of aromatic nitrogens is 1. The maximum Gasteiger partial charge on any atom is 0.256 e. The van der Waals surface area contributed by atoms with E-state index in [-0.39, 0.29) is 15.7 Å². The van der Waals surface area contributed by atoms with Crippen LogP contribution < -0.4 is 10.1 Å². The van der Waals surface area contributed by atoms with Gasteiger partial charge >= 0.3 is 0 Å². The number of nitrogens with one attached hydrogen (secondary N) is 1. The van der Waals surface area contributed by atoms with Crippen LogP contribution in [-0.4, -0.2) is 18.0 Å². The lowest BCUT2D eigenvalue weighted by atomic mass is 10.0. The van der Waals surface area contributed by atoms with Gasteiger partial charge in [0.15, 0.2) is 11.3 Å². The molecule has 0 aliphatic heterocycles. The zero-order chi connectivity index (χ0) is 19.8. The second-order valence-corrected chi connectivity index (χ2v) is 6.69. The second kappa shape index (κ2) is 7.04. The zero-order valence-corrected chi connectivity index (χ0v) is 15.9. The summed E-state index contributed by atoms with van der Waals surface area (Å²) in [6.07, 6.45) is 2.78. The lowest BCUT2D eigenvalue weighted by Crippen LogP contribution is -2.13. The predicted octanol–water partition coefficient (Wildman–Crippen LogP) is 5.42. The number of carbonyl (C=O) groups excluding carboxylic acids is 1. The summed E-state index contributed by atoms with van der Waals surface area (Å²) < 4.78 is 11.2. The molecule has 1 N–H and O–H groups in total. The van der Waals surface area contributed by atoms with Crippen molar-refractivity contribution in [2.24, 2.45) is 0 Å². The number of methoxy groups -OCH3 is 1. The highest BCUT2D eigenvalue weighted by atomic mass is 35.5. The standard InChI is InChI=1S/C20H11Cl2N3O3/c1-27-16-5-3-11(20(26)25-18-13(21)8-24-9-14(18)22)17-12-6-10(7-23)2-4-15(12)28-19(16)17/h2-6,8-9H,1H3,(H,24,25,26). The van der Waals surface area contributed by atoms with Gasteiger partial charge in [-0.2, -0.15) is 5.26 Å². The third kappa shape index (κ3) is 2.91.